The van der Waals surface area contributed by atoms with E-state index in [-0.39, 0.29) is 18.4 Å². The number of carbonyl (C=O) groups is 1. The SMILES string of the molecule is CS(=O)(=O)[C@@H](Cc1ccccc1)C(=O)N1CC[C@@H](N)C1. The van der Waals surface area contributed by atoms with Crippen molar-refractivity contribution in [3.05, 3.63) is 35.9 Å². The lowest BCUT2D eigenvalue weighted by molar-refractivity contribution is -0.129. The Morgan fingerprint density at radius 1 is 1.40 bits per heavy atom. The first-order valence-corrected chi connectivity index (χ1v) is 8.60. The normalized spacial score (nSPS) is 20.9. The zero-order chi connectivity index (χ0) is 14.8. The van der Waals surface area contributed by atoms with E-state index in [9.17, 15) is 13.2 Å². The second-order valence-electron chi connectivity index (χ2n) is 5.34. The lowest BCUT2D eigenvalue weighted by atomic mass is 10.1. The minimum atomic E-state index is -3.45. The number of nitrogens with two attached hydrogens (primary N) is 1. The van der Waals surface area contributed by atoms with Gasteiger partial charge in [0.2, 0.25) is 5.91 Å². The molecular weight excluding hydrogens is 276 g/mol. The van der Waals surface area contributed by atoms with E-state index < -0.39 is 15.1 Å². The van der Waals surface area contributed by atoms with Gasteiger partial charge >= 0.3 is 0 Å². The zero-order valence-corrected chi connectivity index (χ0v) is 12.3. The molecule has 110 valence electrons. The van der Waals surface area contributed by atoms with Crippen LogP contribution in [0.2, 0.25) is 0 Å². The summed E-state index contributed by atoms with van der Waals surface area (Å²) < 4.78 is 23.9. The molecule has 0 radical (unpaired) electrons. The van der Waals surface area contributed by atoms with E-state index in [2.05, 4.69) is 0 Å². The molecule has 1 amide bonds. The molecule has 2 atom stereocenters. The fourth-order valence-corrected chi connectivity index (χ4v) is 3.45. The van der Waals surface area contributed by atoms with Crippen molar-refractivity contribution in [3.8, 4) is 0 Å². The molecule has 1 saturated heterocycles. The first kappa shape index (κ1) is 15.0. The third-order valence-corrected chi connectivity index (χ3v) is 4.99. The van der Waals surface area contributed by atoms with Gasteiger partial charge in [0.05, 0.1) is 0 Å². The van der Waals surface area contributed by atoms with Crippen molar-refractivity contribution in [2.45, 2.75) is 24.1 Å². The van der Waals surface area contributed by atoms with E-state index in [4.69, 9.17) is 5.73 Å². The Morgan fingerprint density at radius 3 is 2.55 bits per heavy atom. The fraction of sp³-hybridized carbons (Fsp3) is 0.500. The summed E-state index contributed by atoms with van der Waals surface area (Å²) in [6.45, 7) is 0.987. The lowest BCUT2D eigenvalue weighted by Crippen LogP contribution is -2.43. The van der Waals surface area contributed by atoms with Crippen LogP contribution in [0.3, 0.4) is 0 Å². The average Bonchev–Trinajstić information content (AvgIpc) is 2.82. The highest BCUT2D eigenvalue weighted by molar-refractivity contribution is 7.92. The van der Waals surface area contributed by atoms with Crippen LogP contribution in [0.5, 0.6) is 0 Å². The van der Waals surface area contributed by atoms with E-state index in [0.29, 0.717) is 13.1 Å². The molecule has 0 saturated carbocycles. The lowest BCUT2D eigenvalue weighted by Gasteiger charge is -2.22. The van der Waals surface area contributed by atoms with Gasteiger partial charge in [0.1, 0.15) is 5.25 Å². The van der Waals surface area contributed by atoms with Crippen LogP contribution in [0.25, 0.3) is 0 Å². The fourth-order valence-electron chi connectivity index (χ4n) is 2.44. The molecule has 0 unspecified atom stereocenters. The Hall–Kier alpha value is -1.40. The van der Waals surface area contributed by atoms with Gasteiger partial charge in [0.15, 0.2) is 9.84 Å². The van der Waals surface area contributed by atoms with E-state index in [0.717, 1.165) is 18.2 Å². The minimum absolute atomic E-state index is 0.0455. The van der Waals surface area contributed by atoms with E-state index >= 15 is 0 Å². The third kappa shape index (κ3) is 3.58. The average molecular weight is 296 g/mol. The molecule has 0 spiro atoms. The number of hydrogen-bond acceptors (Lipinski definition) is 4. The van der Waals surface area contributed by atoms with Crippen LogP contribution in [-0.2, 0) is 21.1 Å². The van der Waals surface area contributed by atoms with Gasteiger partial charge in [-0.05, 0) is 18.4 Å². The topological polar surface area (TPSA) is 80.5 Å². The predicted octanol–water partition coefficient (Wildman–Crippen LogP) is 0.202. The molecular formula is C14H20N2O3S. The number of carbonyl (C=O) groups excluding carboxylic acids is 1. The summed E-state index contributed by atoms with van der Waals surface area (Å²) >= 11 is 0. The highest BCUT2D eigenvalue weighted by atomic mass is 32.2. The molecule has 5 nitrogen and oxygen atoms in total. The summed E-state index contributed by atoms with van der Waals surface area (Å²) in [6.07, 6.45) is 2.06. The summed E-state index contributed by atoms with van der Waals surface area (Å²) in [4.78, 5) is 14.0. The number of sulfone groups is 1. The van der Waals surface area contributed by atoms with Crippen LogP contribution in [0, 0.1) is 0 Å². The molecule has 1 aromatic carbocycles. The van der Waals surface area contributed by atoms with Gasteiger partial charge in [-0.15, -0.1) is 0 Å². The smallest absolute Gasteiger partial charge is 0.241 e. The predicted molar refractivity (Wildman–Crippen MR) is 78.0 cm³/mol. The maximum absolute atomic E-state index is 12.4. The molecule has 1 aliphatic rings. The number of benzene rings is 1. The van der Waals surface area contributed by atoms with Crippen molar-refractivity contribution in [2.75, 3.05) is 19.3 Å². The number of nitrogens with zero attached hydrogens (tertiary/aromatic N) is 1. The van der Waals surface area contributed by atoms with Gasteiger partial charge in [-0.25, -0.2) is 8.42 Å². The van der Waals surface area contributed by atoms with Gasteiger partial charge in [-0.1, -0.05) is 30.3 Å². The molecule has 6 heteroatoms. The Morgan fingerprint density at radius 2 is 2.05 bits per heavy atom. The first-order valence-electron chi connectivity index (χ1n) is 6.65. The minimum Gasteiger partial charge on any atom is -0.340 e. The summed E-state index contributed by atoms with van der Waals surface area (Å²) in [5.74, 6) is -0.329. The first-order chi connectivity index (χ1) is 9.38. The van der Waals surface area contributed by atoms with Crippen molar-refractivity contribution in [2.24, 2.45) is 5.73 Å². The van der Waals surface area contributed by atoms with Gasteiger partial charge in [0, 0.05) is 25.4 Å². The second kappa shape index (κ2) is 5.93. The molecule has 1 aromatic rings. The van der Waals surface area contributed by atoms with E-state index in [1.165, 1.54) is 0 Å². The van der Waals surface area contributed by atoms with Crippen LogP contribution in [0.4, 0.5) is 0 Å². The highest BCUT2D eigenvalue weighted by Crippen LogP contribution is 2.16. The molecule has 0 bridgehead atoms. The maximum atomic E-state index is 12.4. The molecule has 20 heavy (non-hydrogen) atoms. The molecule has 1 fully saturated rings. The van der Waals surface area contributed by atoms with Crippen LogP contribution in [0.15, 0.2) is 30.3 Å². The van der Waals surface area contributed by atoms with Crippen molar-refractivity contribution in [3.63, 3.8) is 0 Å². The van der Waals surface area contributed by atoms with Crippen LogP contribution in [-0.4, -0.2) is 49.9 Å². The molecule has 0 aromatic heterocycles. The third-order valence-electron chi connectivity index (χ3n) is 3.59. The maximum Gasteiger partial charge on any atom is 0.241 e. The quantitative estimate of drug-likeness (QED) is 0.861. The number of rotatable bonds is 4. The Labute approximate surface area is 119 Å². The number of likely N-dealkylation sites (tertiary alicyclic amines) is 1. The summed E-state index contributed by atoms with van der Waals surface area (Å²) in [5, 5.41) is -1.02. The Bertz CT molecular complexity index is 571. The monoisotopic (exact) mass is 296 g/mol. The van der Waals surface area contributed by atoms with Crippen LogP contribution in [0.1, 0.15) is 12.0 Å². The van der Waals surface area contributed by atoms with Crippen LogP contribution < -0.4 is 5.73 Å². The molecule has 1 heterocycles. The molecule has 2 N–H and O–H groups in total. The van der Waals surface area contributed by atoms with Gasteiger partial charge in [-0.3, -0.25) is 4.79 Å². The largest absolute Gasteiger partial charge is 0.340 e. The molecule has 2 rings (SSSR count). The number of hydrogen-bond donors (Lipinski definition) is 1. The van der Waals surface area contributed by atoms with Crippen LogP contribution >= 0.6 is 0 Å². The van der Waals surface area contributed by atoms with E-state index in [1.807, 2.05) is 30.3 Å². The second-order valence-corrected chi connectivity index (χ2v) is 7.57. The van der Waals surface area contributed by atoms with Gasteiger partial charge in [0.25, 0.3) is 0 Å². The summed E-state index contributed by atoms with van der Waals surface area (Å²) in [6, 6.07) is 9.16. The van der Waals surface area contributed by atoms with Gasteiger partial charge in [-0.2, -0.15) is 0 Å². The van der Waals surface area contributed by atoms with Crippen molar-refractivity contribution >= 4 is 15.7 Å². The molecule has 0 aliphatic carbocycles. The summed E-state index contributed by atoms with van der Waals surface area (Å²) in [7, 11) is -3.45. The van der Waals surface area contributed by atoms with Crippen molar-refractivity contribution < 1.29 is 13.2 Å². The van der Waals surface area contributed by atoms with Gasteiger partial charge < -0.3 is 10.6 Å². The highest BCUT2D eigenvalue weighted by Gasteiger charge is 2.35. The standard InChI is InChI=1S/C14H20N2O3S/c1-20(18,19)13(9-11-5-3-2-4-6-11)14(17)16-8-7-12(15)10-16/h2-6,12-13H,7-10,15H2,1H3/t12-,13+/m1/s1. The number of amides is 1. The van der Waals surface area contributed by atoms with Crippen molar-refractivity contribution in [1.82, 2.24) is 4.90 Å². The van der Waals surface area contributed by atoms with Crippen molar-refractivity contribution in [1.29, 1.82) is 0 Å². The summed E-state index contributed by atoms with van der Waals surface area (Å²) in [5.41, 5.74) is 6.63. The Balaban J connectivity index is 2.18. The van der Waals surface area contributed by atoms with E-state index in [1.54, 1.807) is 4.90 Å². The zero-order valence-electron chi connectivity index (χ0n) is 11.5. The Kier molecular flexibility index (Phi) is 4.45. The molecule has 1 aliphatic heterocycles.